The highest BCUT2D eigenvalue weighted by Gasteiger charge is 2.34. The minimum atomic E-state index is -1.00. The molecule has 33 heavy (non-hydrogen) atoms. The highest BCUT2D eigenvalue weighted by atomic mass is 35.5. The first-order valence-corrected chi connectivity index (χ1v) is 10.7. The van der Waals surface area contributed by atoms with E-state index in [0.29, 0.717) is 16.3 Å². The summed E-state index contributed by atoms with van der Waals surface area (Å²) in [6.07, 6.45) is 1.53. The van der Waals surface area contributed by atoms with Crippen molar-refractivity contribution in [3.63, 3.8) is 0 Å². The van der Waals surface area contributed by atoms with Crippen LogP contribution in [0.15, 0.2) is 60.2 Å². The van der Waals surface area contributed by atoms with Crippen molar-refractivity contribution in [2.45, 2.75) is 13.8 Å². The van der Waals surface area contributed by atoms with E-state index in [9.17, 15) is 14.4 Å². The number of halogens is 1. The fourth-order valence-electron chi connectivity index (χ4n) is 3.72. The number of carboxylic acids is 1. The molecule has 2 amide bonds. The molecule has 0 aliphatic carbocycles. The number of amides is 2. The number of nitrogens with one attached hydrogen (secondary N) is 1. The number of anilines is 1. The molecule has 1 fully saturated rings. The van der Waals surface area contributed by atoms with Gasteiger partial charge in [0.15, 0.2) is 5.11 Å². The van der Waals surface area contributed by atoms with Crippen LogP contribution in [0.3, 0.4) is 0 Å². The molecule has 9 heteroatoms. The van der Waals surface area contributed by atoms with Gasteiger partial charge in [0.2, 0.25) is 0 Å². The minimum Gasteiger partial charge on any atom is -0.478 e. The number of hydrogen-bond acceptors (Lipinski definition) is 4. The highest BCUT2D eigenvalue weighted by Crippen LogP contribution is 2.27. The molecule has 1 aromatic heterocycles. The lowest BCUT2D eigenvalue weighted by molar-refractivity contribution is -0.122. The van der Waals surface area contributed by atoms with Gasteiger partial charge in [-0.25, -0.2) is 4.79 Å². The van der Waals surface area contributed by atoms with Crippen LogP contribution in [0.25, 0.3) is 11.8 Å². The van der Waals surface area contributed by atoms with Crippen LogP contribution in [0.4, 0.5) is 5.69 Å². The van der Waals surface area contributed by atoms with Crippen LogP contribution >= 0.6 is 23.8 Å². The number of carboxylic acid groups (broad SMARTS) is 1. The Morgan fingerprint density at radius 1 is 1.03 bits per heavy atom. The second-order valence-corrected chi connectivity index (χ2v) is 8.27. The summed E-state index contributed by atoms with van der Waals surface area (Å²) < 4.78 is 1.92. The molecular weight excluding hydrogens is 462 g/mol. The molecule has 4 rings (SSSR count). The van der Waals surface area contributed by atoms with Crippen molar-refractivity contribution < 1.29 is 19.5 Å². The van der Waals surface area contributed by atoms with Crippen molar-refractivity contribution >= 4 is 58.5 Å². The van der Waals surface area contributed by atoms with Crippen LogP contribution in [-0.4, -0.2) is 32.6 Å². The molecule has 7 nitrogen and oxygen atoms in total. The minimum absolute atomic E-state index is 0.00605. The number of nitrogens with zero attached hydrogens (tertiary/aromatic N) is 2. The number of rotatable bonds is 4. The fourth-order valence-corrected chi connectivity index (χ4v) is 4.13. The summed E-state index contributed by atoms with van der Waals surface area (Å²) in [7, 11) is 0. The molecule has 2 aromatic carbocycles. The first kappa shape index (κ1) is 22.4. The standard InChI is InChI=1S/C24H18ClN3O4S/c1-13-11-16(14(2)27(13)18-7-3-15(4-8-18)23(31)32)12-20-21(29)26-24(33)28(22(20)30)19-9-5-17(25)6-10-19/h3-12H,1-2H3,(H,31,32)(H,26,29,33)/b20-12+. The number of benzene rings is 2. The van der Waals surface area contributed by atoms with Crippen molar-refractivity contribution in [3.05, 3.63) is 87.7 Å². The first-order chi connectivity index (χ1) is 15.7. The van der Waals surface area contributed by atoms with Crippen LogP contribution in [0.5, 0.6) is 0 Å². The Morgan fingerprint density at radius 3 is 2.24 bits per heavy atom. The summed E-state index contributed by atoms with van der Waals surface area (Å²) in [6.45, 7) is 3.75. The number of aromatic carboxylic acids is 1. The van der Waals surface area contributed by atoms with Crippen molar-refractivity contribution in [2.75, 3.05) is 4.90 Å². The maximum Gasteiger partial charge on any atom is 0.335 e. The monoisotopic (exact) mass is 479 g/mol. The van der Waals surface area contributed by atoms with Crippen LogP contribution in [0, 0.1) is 13.8 Å². The Balaban J connectivity index is 1.73. The van der Waals surface area contributed by atoms with Gasteiger partial charge in [0.25, 0.3) is 11.8 Å². The Labute approximate surface area is 199 Å². The first-order valence-electron chi connectivity index (χ1n) is 9.87. The van der Waals surface area contributed by atoms with Crippen molar-refractivity contribution in [3.8, 4) is 5.69 Å². The molecule has 166 valence electrons. The lowest BCUT2D eigenvalue weighted by Gasteiger charge is -2.28. The number of aryl methyl sites for hydroxylation is 1. The van der Waals surface area contributed by atoms with E-state index in [-0.39, 0.29) is 16.2 Å². The van der Waals surface area contributed by atoms with Gasteiger partial charge in [-0.1, -0.05) is 11.6 Å². The van der Waals surface area contributed by atoms with Gasteiger partial charge in [0.05, 0.1) is 11.3 Å². The maximum absolute atomic E-state index is 13.2. The van der Waals surface area contributed by atoms with Crippen molar-refractivity contribution in [1.82, 2.24) is 9.88 Å². The molecule has 0 spiro atoms. The molecule has 0 atom stereocenters. The third-order valence-electron chi connectivity index (χ3n) is 5.33. The third-order valence-corrected chi connectivity index (χ3v) is 5.87. The lowest BCUT2D eigenvalue weighted by atomic mass is 10.1. The number of aromatic nitrogens is 1. The van der Waals surface area contributed by atoms with E-state index in [1.165, 1.54) is 23.1 Å². The molecule has 2 N–H and O–H groups in total. The Hall–Kier alpha value is -3.75. The number of carbonyl (C=O) groups is 3. The van der Waals surface area contributed by atoms with Crippen molar-refractivity contribution in [2.24, 2.45) is 0 Å². The molecule has 0 bridgehead atoms. The number of carbonyl (C=O) groups excluding carboxylic acids is 2. The second kappa shape index (κ2) is 8.65. The molecule has 3 aromatic rings. The quantitative estimate of drug-likeness (QED) is 0.331. The van der Waals surface area contributed by atoms with E-state index in [1.807, 2.05) is 24.5 Å². The largest absolute Gasteiger partial charge is 0.478 e. The zero-order valence-corrected chi connectivity index (χ0v) is 19.2. The predicted octanol–water partition coefficient (Wildman–Crippen LogP) is 4.28. The zero-order valence-electron chi connectivity index (χ0n) is 17.6. The molecular formula is C24H18ClN3O4S. The molecule has 0 radical (unpaired) electrons. The summed E-state index contributed by atoms with van der Waals surface area (Å²) in [5.41, 5.74) is 3.71. The molecule has 0 saturated carbocycles. The Bertz CT molecular complexity index is 1340. The van der Waals surface area contributed by atoms with Crippen molar-refractivity contribution in [1.29, 1.82) is 0 Å². The maximum atomic E-state index is 13.2. The summed E-state index contributed by atoms with van der Waals surface area (Å²) in [6, 6.07) is 14.9. The highest BCUT2D eigenvalue weighted by molar-refractivity contribution is 7.80. The van der Waals surface area contributed by atoms with Gasteiger partial charge < -0.3 is 9.67 Å². The van der Waals surface area contributed by atoms with Crippen LogP contribution in [-0.2, 0) is 9.59 Å². The van der Waals surface area contributed by atoms with Crippen LogP contribution in [0.1, 0.15) is 27.3 Å². The summed E-state index contributed by atoms with van der Waals surface area (Å²) in [5, 5.41) is 12.2. The van der Waals surface area contributed by atoms with Gasteiger partial charge in [-0.15, -0.1) is 0 Å². The van der Waals surface area contributed by atoms with Gasteiger partial charge in [0, 0.05) is 22.1 Å². The number of hydrogen-bond donors (Lipinski definition) is 2. The Morgan fingerprint density at radius 2 is 1.64 bits per heavy atom. The summed E-state index contributed by atoms with van der Waals surface area (Å²) >= 11 is 11.2. The molecule has 1 aliphatic rings. The smallest absolute Gasteiger partial charge is 0.335 e. The molecule has 0 unspecified atom stereocenters. The van der Waals surface area contributed by atoms with Gasteiger partial charge in [0.1, 0.15) is 5.57 Å². The third kappa shape index (κ3) is 4.18. The van der Waals surface area contributed by atoms with E-state index in [0.717, 1.165) is 17.1 Å². The average Bonchev–Trinajstić information content (AvgIpc) is 3.05. The SMILES string of the molecule is Cc1cc(/C=C2\C(=O)NC(=S)N(c3ccc(Cl)cc3)C2=O)c(C)n1-c1ccc(C(=O)O)cc1. The van der Waals surface area contributed by atoms with Gasteiger partial charge in [-0.3, -0.25) is 19.8 Å². The fraction of sp³-hybridized carbons (Fsp3) is 0.0833. The van der Waals surface area contributed by atoms with E-state index < -0.39 is 17.8 Å². The van der Waals surface area contributed by atoms with Gasteiger partial charge in [-0.2, -0.15) is 0 Å². The Kier molecular flexibility index (Phi) is 5.88. The van der Waals surface area contributed by atoms with E-state index in [4.69, 9.17) is 28.9 Å². The van der Waals surface area contributed by atoms with Crippen LogP contribution in [0.2, 0.25) is 5.02 Å². The van der Waals surface area contributed by atoms with Gasteiger partial charge in [-0.05, 0) is 92.3 Å². The van der Waals surface area contributed by atoms with E-state index >= 15 is 0 Å². The number of thiocarbonyl (C=S) groups is 1. The normalized spacial score (nSPS) is 15.2. The van der Waals surface area contributed by atoms with Crippen LogP contribution < -0.4 is 10.2 Å². The average molecular weight is 480 g/mol. The zero-order chi connectivity index (χ0) is 23.9. The summed E-state index contributed by atoms with van der Waals surface area (Å²) in [5.74, 6) is -2.12. The molecule has 1 aliphatic heterocycles. The van der Waals surface area contributed by atoms with E-state index in [2.05, 4.69) is 5.32 Å². The second-order valence-electron chi connectivity index (χ2n) is 7.45. The van der Waals surface area contributed by atoms with Gasteiger partial charge >= 0.3 is 5.97 Å². The molecule has 2 heterocycles. The van der Waals surface area contributed by atoms with E-state index in [1.54, 1.807) is 36.4 Å². The molecule has 1 saturated heterocycles. The lowest BCUT2D eigenvalue weighted by Crippen LogP contribution is -2.54. The topological polar surface area (TPSA) is 91.6 Å². The predicted molar refractivity (Wildman–Crippen MR) is 130 cm³/mol. The summed E-state index contributed by atoms with van der Waals surface area (Å²) in [4.78, 5) is 38.2.